The van der Waals surface area contributed by atoms with Gasteiger partial charge in [-0.25, -0.2) is 15.0 Å². The van der Waals surface area contributed by atoms with Gasteiger partial charge in [-0.1, -0.05) is 0 Å². The average Bonchev–Trinajstić information content (AvgIpc) is 2.87. The minimum Gasteiger partial charge on any atom is -0.354 e. The Morgan fingerprint density at radius 2 is 1.74 bits per heavy atom. The van der Waals surface area contributed by atoms with E-state index in [0.717, 1.165) is 69.5 Å². The summed E-state index contributed by atoms with van der Waals surface area (Å²) in [5, 5.41) is 6.82. The molecule has 0 aliphatic carbocycles. The molecule has 1 saturated heterocycles. The summed E-state index contributed by atoms with van der Waals surface area (Å²) in [7, 11) is 0. The monoisotopic (exact) mass is 430 g/mol. The molecule has 2 aromatic heterocycles. The Hall–Kier alpha value is -0.990. The van der Waals surface area contributed by atoms with Gasteiger partial charge in [0.2, 0.25) is 0 Å². The van der Waals surface area contributed by atoms with Crippen molar-refractivity contribution < 1.29 is 0 Å². The summed E-state index contributed by atoms with van der Waals surface area (Å²) in [5.41, 5.74) is 3.81. The van der Waals surface area contributed by atoms with Crippen LogP contribution < -0.4 is 10.2 Å². The molecule has 2 aliphatic heterocycles. The molecule has 150 valence electrons. The van der Waals surface area contributed by atoms with Gasteiger partial charge in [-0.3, -0.25) is 4.90 Å². The number of nitrogens with one attached hydrogen (secondary N) is 1. The lowest BCUT2D eigenvalue weighted by molar-refractivity contribution is 0.246. The van der Waals surface area contributed by atoms with Gasteiger partial charge in [-0.2, -0.15) is 0 Å². The molecule has 2 aromatic rings. The molecule has 0 saturated carbocycles. The normalized spacial score (nSPS) is 17.5. The molecule has 0 amide bonds. The van der Waals surface area contributed by atoms with E-state index in [0.29, 0.717) is 0 Å². The van der Waals surface area contributed by atoms with Gasteiger partial charge in [0.1, 0.15) is 11.6 Å². The third-order valence-corrected chi connectivity index (χ3v) is 5.82. The van der Waals surface area contributed by atoms with E-state index in [9.17, 15) is 0 Å². The third-order valence-electron chi connectivity index (χ3n) is 5.00. The largest absolute Gasteiger partial charge is 0.354 e. The molecule has 9 heteroatoms. The zero-order valence-electron chi connectivity index (χ0n) is 15.9. The van der Waals surface area contributed by atoms with Gasteiger partial charge in [-0.15, -0.1) is 36.2 Å². The molecule has 2 aliphatic rings. The maximum Gasteiger partial charge on any atom is 0.135 e. The number of fused-ring (bicyclic) bond motifs is 1. The number of aryl methyl sites for hydroxylation is 2. The van der Waals surface area contributed by atoms with Crippen molar-refractivity contribution >= 4 is 42.0 Å². The van der Waals surface area contributed by atoms with Crippen LogP contribution in [0.15, 0.2) is 5.38 Å². The number of thiazole rings is 1. The highest BCUT2D eigenvalue weighted by Gasteiger charge is 2.24. The molecular formula is C18H28Cl2N6S. The van der Waals surface area contributed by atoms with E-state index in [2.05, 4.69) is 32.4 Å². The SMILES string of the molecule is Cc1nc2c(c(N3CCN(Cc4csc(C)n4)CC3)n1)CCNCC2.Cl.Cl. The van der Waals surface area contributed by atoms with E-state index >= 15 is 0 Å². The average molecular weight is 431 g/mol. The van der Waals surface area contributed by atoms with Crippen molar-refractivity contribution in [1.82, 2.24) is 25.2 Å². The van der Waals surface area contributed by atoms with Crippen LogP contribution in [0.3, 0.4) is 0 Å². The van der Waals surface area contributed by atoms with Crippen LogP contribution in [-0.4, -0.2) is 59.1 Å². The van der Waals surface area contributed by atoms with Gasteiger partial charge >= 0.3 is 0 Å². The van der Waals surface area contributed by atoms with Gasteiger partial charge in [0.05, 0.1) is 16.4 Å². The fourth-order valence-electron chi connectivity index (χ4n) is 3.73. The molecule has 0 spiro atoms. The third kappa shape index (κ3) is 5.29. The molecule has 1 fully saturated rings. The minimum absolute atomic E-state index is 0. The first-order chi connectivity index (χ1) is 12.2. The standard InChI is InChI=1S/C18H26N6S.2ClH/c1-13-20-17-4-6-19-5-3-16(17)18(21-13)24-9-7-23(8-10-24)11-15-12-25-14(2)22-15;;/h12,19H,3-11H2,1-2H3;2*1H. The highest BCUT2D eigenvalue weighted by Crippen LogP contribution is 2.24. The van der Waals surface area contributed by atoms with Crippen LogP contribution in [0, 0.1) is 13.8 Å². The number of halogens is 2. The summed E-state index contributed by atoms with van der Waals surface area (Å²) in [6, 6.07) is 0. The lowest BCUT2D eigenvalue weighted by Crippen LogP contribution is -2.46. The van der Waals surface area contributed by atoms with Gasteiger partial charge < -0.3 is 10.2 Å². The summed E-state index contributed by atoms with van der Waals surface area (Å²) in [5.74, 6) is 2.08. The van der Waals surface area contributed by atoms with Gasteiger partial charge in [0, 0.05) is 56.6 Å². The Balaban J connectivity index is 0.00000131. The number of nitrogens with zero attached hydrogens (tertiary/aromatic N) is 5. The summed E-state index contributed by atoms with van der Waals surface area (Å²) >= 11 is 1.74. The highest BCUT2D eigenvalue weighted by molar-refractivity contribution is 7.09. The zero-order chi connectivity index (χ0) is 17.2. The number of hydrogen-bond donors (Lipinski definition) is 1. The van der Waals surface area contributed by atoms with Crippen LogP contribution in [-0.2, 0) is 19.4 Å². The van der Waals surface area contributed by atoms with Crippen molar-refractivity contribution in [1.29, 1.82) is 0 Å². The molecule has 4 rings (SSSR count). The lowest BCUT2D eigenvalue weighted by atomic mass is 10.1. The summed E-state index contributed by atoms with van der Waals surface area (Å²) in [6.45, 7) is 11.3. The Morgan fingerprint density at radius 1 is 1.00 bits per heavy atom. The molecule has 6 nitrogen and oxygen atoms in total. The first kappa shape index (κ1) is 22.3. The van der Waals surface area contributed by atoms with Gasteiger partial charge in [-0.05, 0) is 26.8 Å². The van der Waals surface area contributed by atoms with E-state index in [-0.39, 0.29) is 24.8 Å². The van der Waals surface area contributed by atoms with E-state index in [1.807, 2.05) is 6.92 Å². The Kier molecular flexibility index (Phi) is 8.24. The first-order valence-electron chi connectivity index (χ1n) is 9.14. The Morgan fingerprint density at radius 3 is 2.44 bits per heavy atom. The van der Waals surface area contributed by atoms with Crippen LogP contribution in [0.5, 0.6) is 0 Å². The molecule has 0 bridgehead atoms. The van der Waals surface area contributed by atoms with Crippen molar-refractivity contribution in [2.24, 2.45) is 0 Å². The van der Waals surface area contributed by atoms with E-state index in [1.54, 1.807) is 11.3 Å². The summed E-state index contributed by atoms with van der Waals surface area (Å²) in [4.78, 5) is 19.1. The first-order valence-corrected chi connectivity index (χ1v) is 10.0. The van der Waals surface area contributed by atoms with Crippen molar-refractivity contribution in [2.45, 2.75) is 33.2 Å². The van der Waals surface area contributed by atoms with Crippen molar-refractivity contribution in [2.75, 3.05) is 44.2 Å². The fraction of sp³-hybridized carbons (Fsp3) is 0.611. The smallest absolute Gasteiger partial charge is 0.135 e. The Labute approximate surface area is 177 Å². The zero-order valence-corrected chi connectivity index (χ0v) is 18.4. The highest BCUT2D eigenvalue weighted by atomic mass is 35.5. The molecular weight excluding hydrogens is 403 g/mol. The molecule has 4 heterocycles. The van der Waals surface area contributed by atoms with Crippen LogP contribution in [0.2, 0.25) is 0 Å². The van der Waals surface area contributed by atoms with Crippen LogP contribution in [0.1, 0.15) is 27.8 Å². The maximum atomic E-state index is 4.82. The number of hydrogen-bond acceptors (Lipinski definition) is 7. The number of piperazine rings is 1. The van der Waals surface area contributed by atoms with Crippen molar-refractivity contribution in [3.05, 3.63) is 33.2 Å². The molecule has 1 N–H and O–H groups in total. The summed E-state index contributed by atoms with van der Waals surface area (Å²) < 4.78 is 0. The van der Waals surface area contributed by atoms with Crippen LogP contribution in [0.25, 0.3) is 0 Å². The number of rotatable bonds is 3. The summed E-state index contributed by atoms with van der Waals surface area (Å²) in [6.07, 6.45) is 2.04. The molecule has 0 atom stereocenters. The van der Waals surface area contributed by atoms with Gasteiger partial charge in [0.25, 0.3) is 0 Å². The second kappa shape index (κ2) is 9.98. The quantitative estimate of drug-likeness (QED) is 0.806. The van der Waals surface area contributed by atoms with Gasteiger partial charge in [0.15, 0.2) is 0 Å². The second-order valence-electron chi connectivity index (χ2n) is 6.89. The minimum atomic E-state index is 0. The Bertz CT molecular complexity index is 745. The van der Waals surface area contributed by atoms with Crippen LogP contribution >= 0.6 is 36.2 Å². The maximum absolute atomic E-state index is 4.82. The topological polar surface area (TPSA) is 57.2 Å². The van der Waals surface area contributed by atoms with E-state index in [1.165, 1.54) is 22.8 Å². The van der Waals surface area contributed by atoms with Crippen molar-refractivity contribution in [3.8, 4) is 0 Å². The van der Waals surface area contributed by atoms with Crippen LogP contribution in [0.4, 0.5) is 5.82 Å². The van der Waals surface area contributed by atoms with Crippen molar-refractivity contribution in [3.63, 3.8) is 0 Å². The number of anilines is 1. The molecule has 0 aromatic carbocycles. The number of aromatic nitrogens is 3. The predicted octanol–water partition coefficient (Wildman–Crippen LogP) is 2.40. The molecule has 0 unspecified atom stereocenters. The lowest BCUT2D eigenvalue weighted by Gasteiger charge is -2.36. The van der Waals surface area contributed by atoms with E-state index < -0.39 is 0 Å². The molecule has 0 radical (unpaired) electrons. The van der Waals surface area contributed by atoms with E-state index in [4.69, 9.17) is 9.97 Å². The fourth-order valence-corrected chi connectivity index (χ4v) is 4.34. The second-order valence-corrected chi connectivity index (χ2v) is 7.95. The molecule has 27 heavy (non-hydrogen) atoms. The predicted molar refractivity (Wildman–Crippen MR) is 116 cm³/mol.